The van der Waals surface area contributed by atoms with Gasteiger partial charge in [-0.15, -0.1) is 0 Å². The highest BCUT2D eigenvalue weighted by Crippen LogP contribution is 2.44. The van der Waals surface area contributed by atoms with Crippen LogP contribution in [0.4, 0.5) is 0 Å². The second-order valence-corrected chi connectivity index (χ2v) is 5.35. The first-order valence-corrected chi connectivity index (χ1v) is 7.23. The molecule has 0 spiro atoms. The Bertz CT molecular complexity index is 564. The second-order valence-electron chi connectivity index (χ2n) is 5.35. The Labute approximate surface area is 119 Å². The van der Waals surface area contributed by atoms with E-state index in [0.29, 0.717) is 0 Å². The van der Waals surface area contributed by atoms with Crippen LogP contribution in [0.25, 0.3) is 0 Å². The molecule has 3 rings (SSSR count). The van der Waals surface area contributed by atoms with Crippen LogP contribution in [-0.4, -0.2) is 11.6 Å². The van der Waals surface area contributed by atoms with Gasteiger partial charge in [-0.05, 0) is 36.8 Å². The molecule has 1 heterocycles. The molecule has 0 amide bonds. The number of amidine groups is 1. The second kappa shape index (κ2) is 5.53. The van der Waals surface area contributed by atoms with E-state index in [4.69, 9.17) is 15.5 Å². The van der Waals surface area contributed by atoms with Crippen molar-refractivity contribution >= 4 is 6.02 Å². The molecule has 0 aromatic carbocycles. The van der Waals surface area contributed by atoms with Crippen molar-refractivity contribution in [1.82, 2.24) is 0 Å². The lowest BCUT2D eigenvalue weighted by Gasteiger charge is -2.39. The predicted octanol–water partition coefficient (Wildman–Crippen LogP) is 3.53. The van der Waals surface area contributed by atoms with E-state index in [1.165, 1.54) is 24.0 Å². The van der Waals surface area contributed by atoms with E-state index in [1.807, 2.05) is 6.26 Å². The molecule has 1 fully saturated rings. The number of rotatable bonds is 1. The number of nitrogens with zero attached hydrogens (tertiary/aromatic N) is 1. The average Bonchev–Trinajstić information content (AvgIpc) is 2.60. The number of ether oxygens (including phenoxy) is 1. The van der Waals surface area contributed by atoms with Gasteiger partial charge in [-0.2, -0.15) is 0 Å². The Morgan fingerprint density at radius 2 is 2.10 bits per heavy atom. The van der Waals surface area contributed by atoms with Crippen molar-refractivity contribution in [3.8, 4) is 0 Å². The molecule has 3 aliphatic rings. The van der Waals surface area contributed by atoms with Gasteiger partial charge >= 0.3 is 0 Å². The molecule has 3 heteroatoms. The molecule has 2 N–H and O–H groups in total. The van der Waals surface area contributed by atoms with Crippen LogP contribution in [0.1, 0.15) is 32.1 Å². The van der Waals surface area contributed by atoms with E-state index in [-0.39, 0.29) is 11.6 Å². The molecule has 20 heavy (non-hydrogen) atoms. The smallest absolute Gasteiger partial charge is 0.288 e. The van der Waals surface area contributed by atoms with Gasteiger partial charge in [0, 0.05) is 0 Å². The van der Waals surface area contributed by atoms with Gasteiger partial charge < -0.3 is 10.5 Å². The lowest BCUT2D eigenvalue weighted by atomic mass is 9.72. The Balaban J connectivity index is 2.05. The van der Waals surface area contributed by atoms with Gasteiger partial charge in [0.05, 0.1) is 6.26 Å². The zero-order valence-electron chi connectivity index (χ0n) is 11.6. The van der Waals surface area contributed by atoms with Gasteiger partial charge in [0.15, 0.2) is 0 Å². The number of hydrogen-bond acceptors (Lipinski definition) is 3. The summed E-state index contributed by atoms with van der Waals surface area (Å²) in [5, 5.41) is 0. The zero-order chi connectivity index (χ0) is 13.8. The Morgan fingerprint density at radius 3 is 3.05 bits per heavy atom. The highest BCUT2D eigenvalue weighted by atomic mass is 16.5. The average molecular weight is 268 g/mol. The molecule has 1 atom stereocenters. The summed E-state index contributed by atoms with van der Waals surface area (Å²) in [7, 11) is 0. The van der Waals surface area contributed by atoms with Crippen molar-refractivity contribution in [3.63, 3.8) is 0 Å². The SMILES string of the molecule is NC1=NC2(/C3=C/C=C\C=C/CC=C3)CCCCC2=CO1. The van der Waals surface area contributed by atoms with E-state index in [0.717, 1.165) is 19.3 Å². The number of allylic oxidation sites excluding steroid dienone is 6. The maximum atomic E-state index is 5.84. The van der Waals surface area contributed by atoms with E-state index >= 15 is 0 Å². The van der Waals surface area contributed by atoms with Crippen molar-refractivity contribution in [2.24, 2.45) is 10.7 Å². The third-order valence-corrected chi connectivity index (χ3v) is 4.07. The fourth-order valence-corrected chi connectivity index (χ4v) is 3.07. The van der Waals surface area contributed by atoms with Crippen LogP contribution in [0.5, 0.6) is 0 Å². The predicted molar refractivity (Wildman–Crippen MR) is 82.1 cm³/mol. The molecule has 1 unspecified atom stereocenters. The fourth-order valence-electron chi connectivity index (χ4n) is 3.07. The van der Waals surface area contributed by atoms with Crippen LogP contribution < -0.4 is 5.73 Å². The zero-order valence-corrected chi connectivity index (χ0v) is 11.6. The molecule has 1 aliphatic heterocycles. The third-order valence-electron chi connectivity index (χ3n) is 4.07. The summed E-state index contributed by atoms with van der Waals surface area (Å²) in [6.07, 6.45) is 22.0. The summed E-state index contributed by atoms with van der Waals surface area (Å²) in [6, 6.07) is 0.270. The van der Waals surface area contributed by atoms with Crippen LogP contribution in [0.2, 0.25) is 0 Å². The molecule has 0 bridgehead atoms. The molecule has 0 saturated heterocycles. The summed E-state index contributed by atoms with van der Waals surface area (Å²) < 4.78 is 5.33. The van der Waals surface area contributed by atoms with Crippen molar-refractivity contribution in [2.75, 3.05) is 0 Å². The minimum Gasteiger partial charge on any atom is -0.434 e. The molecular weight excluding hydrogens is 248 g/mol. The Kier molecular flexibility index (Phi) is 3.59. The first-order chi connectivity index (χ1) is 9.81. The Morgan fingerprint density at radius 1 is 1.15 bits per heavy atom. The summed E-state index contributed by atoms with van der Waals surface area (Å²) in [4.78, 5) is 4.69. The van der Waals surface area contributed by atoms with E-state index in [1.54, 1.807) is 0 Å². The summed E-state index contributed by atoms with van der Waals surface area (Å²) in [6.45, 7) is 0. The number of aliphatic imine (C=N–C) groups is 1. The van der Waals surface area contributed by atoms with Crippen molar-refractivity contribution in [3.05, 3.63) is 59.9 Å². The molecular formula is C17H20N2O. The molecule has 1 saturated carbocycles. The minimum absolute atomic E-state index is 0.270. The topological polar surface area (TPSA) is 47.6 Å². The van der Waals surface area contributed by atoms with Gasteiger partial charge in [-0.25, -0.2) is 4.99 Å². The Hall–Kier alpha value is -2.03. The monoisotopic (exact) mass is 268 g/mol. The molecule has 3 nitrogen and oxygen atoms in total. The number of fused-ring (bicyclic) bond motifs is 1. The number of hydrogen-bond donors (Lipinski definition) is 1. The third kappa shape index (κ3) is 2.36. The highest BCUT2D eigenvalue weighted by molar-refractivity contribution is 5.75. The molecule has 0 radical (unpaired) electrons. The van der Waals surface area contributed by atoms with Crippen molar-refractivity contribution in [1.29, 1.82) is 0 Å². The summed E-state index contributed by atoms with van der Waals surface area (Å²) >= 11 is 0. The van der Waals surface area contributed by atoms with Crippen LogP contribution in [0, 0.1) is 0 Å². The quantitative estimate of drug-likeness (QED) is 0.791. The van der Waals surface area contributed by atoms with E-state index in [2.05, 4.69) is 42.5 Å². The van der Waals surface area contributed by atoms with Gasteiger partial charge in [0.2, 0.25) is 0 Å². The van der Waals surface area contributed by atoms with Gasteiger partial charge in [0.25, 0.3) is 6.02 Å². The normalized spacial score (nSPS) is 34.9. The first kappa shape index (κ1) is 13.0. The van der Waals surface area contributed by atoms with Gasteiger partial charge in [-0.3, -0.25) is 0 Å². The molecule has 104 valence electrons. The minimum atomic E-state index is -0.314. The van der Waals surface area contributed by atoms with Gasteiger partial charge in [0.1, 0.15) is 5.54 Å². The largest absolute Gasteiger partial charge is 0.434 e. The van der Waals surface area contributed by atoms with Crippen molar-refractivity contribution in [2.45, 2.75) is 37.6 Å². The fraction of sp³-hybridized carbons (Fsp3) is 0.353. The molecule has 0 aromatic rings. The summed E-state index contributed by atoms with van der Waals surface area (Å²) in [5.74, 6) is 0. The standard InChI is InChI=1S/C17H20N2O/c18-16-19-17(12-8-7-11-15(17)13-20-16)14-9-5-3-1-2-4-6-10-14/h1-3,5-6,9-10,13H,4,7-8,11-12H2,(H2,18,19)/b2-1-,5-3-,10-6?,14-9+. The lowest BCUT2D eigenvalue weighted by molar-refractivity contribution is 0.357. The van der Waals surface area contributed by atoms with Crippen LogP contribution in [0.15, 0.2) is 64.9 Å². The van der Waals surface area contributed by atoms with Crippen LogP contribution in [0.3, 0.4) is 0 Å². The van der Waals surface area contributed by atoms with Gasteiger partial charge in [-0.1, -0.05) is 49.0 Å². The van der Waals surface area contributed by atoms with Crippen LogP contribution in [-0.2, 0) is 4.74 Å². The summed E-state index contributed by atoms with van der Waals surface area (Å²) in [5.41, 5.74) is 7.97. The maximum Gasteiger partial charge on any atom is 0.288 e. The van der Waals surface area contributed by atoms with Crippen molar-refractivity contribution < 1.29 is 4.74 Å². The lowest BCUT2D eigenvalue weighted by Crippen LogP contribution is -2.39. The highest BCUT2D eigenvalue weighted by Gasteiger charge is 2.41. The number of nitrogens with two attached hydrogens (primary N) is 1. The first-order valence-electron chi connectivity index (χ1n) is 7.23. The van der Waals surface area contributed by atoms with E-state index < -0.39 is 0 Å². The van der Waals surface area contributed by atoms with E-state index in [9.17, 15) is 0 Å². The van der Waals surface area contributed by atoms with Crippen LogP contribution >= 0.6 is 0 Å². The maximum absolute atomic E-state index is 5.84. The molecule has 0 aromatic heterocycles. The molecule has 2 aliphatic carbocycles.